The summed E-state index contributed by atoms with van der Waals surface area (Å²) in [6, 6.07) is 9.47. The van der Waals surface area contributed by atoms with E-state index < -0.39 is 0 Å². The van der Waals surface area contributed by atoms with Gasteiger partial charge in [0, 0.05) is 12.8 Å². The monoisotopic (exact) mass is 239 g/mol. The highest BCUT2D eigenvalue weighted by Gasteiger charge is 2.10. The molecule has 0 aliphatic heterocycles. The number of aromatic nitrogens is 3. The van der Waals surface area contributed by atoms with Gasteiger partial charge in [-0.15, -0.1) is 17.4 Å². The molecule has 4 heteroatoms. The summed E-state index contributed by atoms with van der Waals surface area (Å²) in [7, 11) is 0. The molecule has 0 aliphatic rings. The number of hydrogen-bond donors (Lipinski definition) is 0. The highest BCUT2D eigenvalue weighted by Crippen LogP contribution is 2.07. The fraction of sp³-hybridized carbons (Fsp3) is 0.214. The fourth-order valence-electron chi connectivity index (χ4n) is 1.56. The molecule has 0 saturated carbocycles. The highest BCUT2D eigenvalue weighted by atomic mass is 16.1. The zero-order valence-electron chi connectivity index (χ0n) is 9.91. The van der Waals surface area contributed by atoms with Gasteiger partial charge in [0.1, 0.15) is 5.69 Å². The lowest BCUT2D eigenvalue weighted by Crippen LogP contribution is -2.03. The summed E-state index contributed by atoms with van der Waals surface area (Å²) in [4.78, 5) is 13.2. The van der Waals surface area contributed by atoms with E-state index in [2.05, 4.69) is 16.1 Å². The van der Waals surface area contributed by atoms with Crippen LogP contribution < -0.4 is 0 Å². The maximum absolute atomic E-state index is 11.8. The van der Waals surface area contributed by atoms with Crippen LogP contribution in [0.25, 0.3) is 5.69 Å². The van der Waals surface area contributed by atoms with E-state index in [0.717, 1.165) is 5.69 Å². The number of ketones is 1. The van der Waals surface area contributed by atoms with E-state index in [1.54, 1.807) is 0 Å². The van der Waals surface area contributed by atoms with E-state index in [0.29, 0.717) is 25.0 Å². The van der Waals surface area contributed by atoms with E-state index in [4.69, 9.17) is 6.42 Å². The third-order valence-electron chi connectivity index (χ3n) is 2.49. The topological polar surface area (TPSA) is 47.8 Å². The Kier molecular flexibility index (Phi) is 3.87. The lowest BCUT2D eigenvalue weighted by atomic mass is 10.1. The molecule has 0 bridgehead atoms. The Morgan fingerprint density at radius 2 is 2.11 bits per heavy atom. The molecule has 0 saturated heterocycles. The number of para-hydroxylation sites is 1. The number of carbonyl (C=O) groups excluding carboxylic acids is 1. The summed E-state index contributed by atoms with van der Waals surface area (Å²) < 4.78 is 0. The molecule has 4 nitrogen and oxygen atoms in total. The van der Waals surface area contributed by atoms with Gasteiger partial charge < -0.3 is 0 Å². The molecule has 1 aromatic heterocycles. The average molecular weight is 239 g/mol. The minimum Gasteiger partial charge on any atom is -0.292 e. The molecular formula is C14H13N3O. The zero-order chi connectivity index (χ0) is 12.8. The Morgan fingerprint density at radius 1 is 1.33 bits per heavy atom. The fourth-order valence-corrected chi connectivity index (χ4v) is 1.56. The van der Waals surface area contributed by atoms with Crippen molar-refractivity contribution in [3.8, 4) is 18.0 Å². The molecule has 0 spiro atoms. The quantitative estimate of drug-likeness (QED) is 0.457. The van der Waals surface area contributed by atoms with E-state index in [1.165, 1.54) is 11.0 Å². The number of nitrogens with zero attached hydrogens (tertiary/aromatic N) is 3. The first kappa shape index (κ1) is 12.1. The molecule has 0 unspecified atom stereocenters. The molecular weight excluding hydrogens is 226 g/mol. The van der Waals surface area contributed by atoms with Gasteiger partial charge in [-0.05, 0) is 18.6 Å². The molecule has 0 atom stereocenters. The van der Waals surface area contributed by atoms with Gasteiger partial charge in [0.2, 0.25) is 0 Å². The predicted molar refractivity (Wildman–Crippen MR) is 68.4 cm³/mol. The summed E-state index contributed by atoms with van der Waals surface area (Å²) in [6.45, 7) is 0. The minimum atomic E-state index is -0.0209. The van der Waals surface area contributed by atoms with Crippen molar-refractivity contribution in [3.63, 3.8) is 0 Å². The second-order valence-corrected chi connectivity index (χ2v) is 3.84. The summed E-state index contributed by atoms with van der Waals surface area (Å²) in [5, 5.41) is 8.24. The van der Waals surface area contributed by atoms with Crippen LogP contribution >= 0.6 is 0 Å². The summed E-state index contributed by atoms with van der Waals surface area (Å²) in [5.41, 5.74) is 1.22. The van der Waals surface area contributed by atoms with Crippen LogP contribution in [0.15, 0.2) is 36.5 Å². The van der Waals surface area contributed by atoms with Gasteiger partial charge in [-0.3, -0.25) is 4.79 Å². The summed E-state index contributed by atoms with van der Waals surface area (Å²) in [6.07, 6.45) is 8.34. The van der Waals surface area contributed by atoms with Crippen molar-refractivity contribution in [3.05, 3.63) is 42.2 Å². The van der Waals surface area contributed by atoms with Crippen LogP contribution in [-0.4, -0.2) is 20.8 Å². The number of unbranched alkanes of at least 4 members (excludes halogenated alkanes) is 1. The first-order chi connectivity index (χ1) is 8.81. The van der Waals surface area contributed by atoms with Crippen molar-refractivity contribution in [2.24, 2.45) is 0 Å². The Bertz CT molecular complexity index is 566. The van der Waals surface area contributed by atoms with E-state index in [-0.39, 0.29) is 5.78 Å². The average Bonchev–Trinajstić information content (AvgIpc) is 2.89. The van der Waals surface area contributed by atoms with Crippen LogP contribution in [-0.2, 0) is 0 Å². The number of Topliss-reactive ketones (excluding diaryl/α,β-unsaturated/α-hetero) is 1. The molecule has 90 valence electrons. The third kappa shape index (κ3) is 2.83. The van der Waals surface area contributed by atoms with Crippen LogP contribution in [0, 0.1) is 12.3 Å². The number of carbonyl (C=O) groups is 1. The number of rotatable bonds is 5. The Morgan fingerprint density at radius 3 is 2.83 bits per heavy atom. The largest absolute Gasteiger partial charge is 0.292 e. The lowest BCUT2D eigenvalue weighted by Gasteiger charge is -1.97. The second-order valence-electron chi connectivity index (χ2n) is 3.84. The molecule has 18 heavy (non-hydrogen) atoms. The van der Waals surface area contributed by atoms with Crippen LogP contribution in [0.1, 0.15) is 29.8 Å². The molecule has 0 radical (unpaired) electrons. The maximum Gasteiger partial charge on any atom is 0.184 e. The van der Waals surface area contributed by atoms with E-state index in [1.807, 2.05) is 30.3 Å². The molecule has 0 fully saturated rings. The summed E-state index contributed by atoms with van der Waals surface area (Å²) >= 11 is 0. The van der Waals surface area contributed by atoms with Crippen molar-refractivity contribution in [1.82, 2.24) is 15.0 Å². The van der Waals surface area contributed by atoms with Gasteiger partial charge in [-0.25, -0.2) is 0 Å². The van der Waals surface area contributed by atoms with Crippen molar-refractivity contribution in [1.29, 1.82) is 0 Å². The van der Waals surface area contributed by atoms with E-state index >= 15 is 0 Å². The first-order valence-electron chi connectivity index (χ1n) is 5.75. The highest BCUT2D eigenvalue weighted by molar-refractivity contribution is 5.93. The second kappa shape index (κ2) is 5.78. The predicted octanol–water partition coefficient (Wildman–Crippen LogP) is 2.25. The number of hydrogen-bond acceptors (Lipinski definition) is 3. The third-order valence-corrected chi connectivity index (χ3v) is 2.49. The zero-order valence-corrected chi connectivity index (χ0v) is 9.91. The van der Waals surface area contributed by atoms with Crippen LogP contribution in [0.2, 0.25) is 0 Å². The maximum atomic E-state index is 11.8. The minimum absolute atomic E-state index is 0.0209. The Hall–Kier alpha value is -2.41. The van der Waals surface area contributed by atoms with Crippen molar-refractivity contribution in [2.45, 2.75) is 19.3 Å². The standard InChI is InChI=1S/C14H13N3O/c1-2-3-5-10-14(18)13-11-15-17(16-13)12-8-6-4-7-9-12/h1,4,6-9,11H,3,5,10H2. The van der Waals surface area contributed by atoms with Crippen LogP contribution in [0.5, 0.6) is 0 Å². The van der Waals surface area contributed by atoms with Gasteiger partial charge in [-0.2, -0.15) is 9.90 Å². The van der Waals surface area contributed by atoms with Gasteiger partial charge in [0.05, 0.1) is 11.9 Å². The molecule has 2 rings (SSSR count). The first-order valence-corrected chi connectivity index (χ1v) is 5.75. The number of benzene rings is 1. The van der Waals surface area contributed by atoms with Crippen LogP contribution in [0.3, 0.4) is 0 Å². The molecule has 0 amide bonds. The molecule has 0 N–H and O–H groups in total. The van der Waals surface area contributed by atoms with Gasteiger partial charge in [-0.1, -0.05) is 18.2 Å². The smallest absolute Gasteiger partial charge is 0.184 e. The van der Waals surface area contributed by atoms with Crippen molar-refractivity contribution in [2.75, 3.05) is 0 Å². The van der Waals surface area contributed by atoms with Crippen molar-refractivity contribution >= 4 is 5.78 Å². The van der Waals surface area contributed by atoms with E-state index in [9.17, 15) is 4.79 Å². The Balaban J connectivity index is 2.07. The van der Waals surface area contributed by atoms with Gasteiger partial charge in [0.15, 0.2) is 5.78 Å². The SMILES string of the molecule is C#CCCCC(=O)c1cnn(-c2ccccc2)n1. The van der Waals surface area contributed by atoms with Crippen molar-refractivity contribution < 1.29 is 4.79 Å². The lowest BCUT2D eigenvalue weighted by molar-refractivity contribution is 0.0975. The van der Waals surface area contributed by atoms with Gasteiger partial charge in [0.25, 0.3) is 0 Å². The van der Waals surface area contributed by atoms with Gasteiger partial charge >= 0.3 is 0 Å². The number of terminal acetylenes is 1. The Labute approximate surface area is 106 Å². The van der Waals surface area contributed by atoms with Crippen LogP contribution in [0.4, 0.5) is 0 Å². The molecule has 1 heterocycles. The molecule has 1 aromatic carbocycles. The summed E-state index contributed by atoms with van der Waals surface area (Å²) in [5.74, 6) is 2.49. The normalized spacial score (nSPS) is 9.94. The molecule has 0 aliphatic carbocycles. The molecule has 2 aromatic rings.